The monoisotopic (exact) mass is 443 g/mol. The van der Waals surface area contributed by atoms with Gasteiger partial charge in [-0.3, -0.25) is 0 Å². The zero-order chi connectivity index (χ0) is 22.6. The Balaban J connectivity index is 1.66. The van der Waals surface area contributed by atoms with Crippen LogP contribution in [0.1, 0.15) is 47.9 Å². The Morgan fingerprint density at radius 2 is 1.74 bits per heavy atom. The van der Waals surface area contributed by atoms with Gasteiger partial charge in [0, 0.05) is 24.8 Å². The number of anilines is 1. The van der Waals surface area contributed by atoms with Gasteiger partial charge in [0.1, 0.15) is 0 Å². The molecule has 1 fully saturated rings. The van der Waals surface area contributed by atoms with Crippen molar-refractivity contribution in [3.63, 3.8) is 0 Å². The Bertz CT molecular complexity index is 1030. The Labute approximate surface area is 186 Å². The number of nitrogens with zero attached hydrogens (tertiary/aromatic N) is 1. The van der Waals surface area contributed by atoms with Crippen LogP contribution < -0.4 is 10.6 Å². The molecule has 0 aromatic heterocycles. The quantitative estimate of drug-likeness (QED) is 0.681. The number of rotatable bonds is 6. The van der Waals surface area contributed by atoms with E-state index in [0.29, 0.717) is 24.4 Å². The minimum Gasteiger partial charge on any atom is -0.338 e. The van der Waals surface area contributed by atoms with Gasteiger partial charge >= 0.3 is 6.03 Å². The first-order valence-corrected chi connectivity index (χ1v) is 12.3. The van der Waals surface area contributed by atoms with E-state index in [1.807, 2.05) is 64.1 Å². The van der Waals surface area contributed by atoms with Crippen LogP contribution in [0.2, 0.25) is 0 Å². The summed E-state index contributed by atoms with van der Waals surface area (Å²) in [4.78, 5) is 12.7. The van der Waals surface area contributed by atoms with E-state index in [-0.39, 0.29) is 12.1 Å². The van der Waals surface area contributed by atoms with Gasteiger partial charge in [0.15, 0.2) is 0 Å². The highest BCUT2D eigenvalue weighted by atomic mass is 32.2. The first-order valence-electron chi connectivity index (χ1n) is 10.9. The molecule has 2 aromatic carbocycles. The third-order valence-electron chi connectivity index (χ3n) is 5.78. The number of benzene rings is 2. The summed E-state index contributed by atoms with van der Waals surface area (Å²) in [6, 6.07) is 11.1. The van der Waals surface area contributed by atoms with Crippen molar-refractivity contribution < 1.29 is 13.2 Å². The molecule has 1 heterocycles. The largest absolute Gasteiger partial charge is 0.338 e. The highest BCUT2D eigenvalue weighted by molar-refractivity contribution is 7.89. The fraction of sp³-hybridized carbons (Fsp3) is 0.458. The van der Waals surface area contributed by atoms with Crippen molar-refractivity contribution in [3.8, 4) is 0 Å². The first-order chi connectivity index (χ1) is 14.7. The molecule has 0 saturated carbocycles. The third kappa shape index (κ3) is 5.66. The highest BCUT2D eigenvalue weighted by Gasteiger charge is 2.35. The van der Waals surface area contributed by atoms with Crippen LogP contribution in [0.4, 0.5) is 10.5 Å². The van der Waals surface area contributed by atoms with Gasteiger partial charge in [-0.25, -0.2) is 13.2 Å². The first kappa shape index (κ1) is 23.3. The predicted molar refractivity (Wildman–Crippen MR) is 125 cm³/mol. The van der Waals surface area contributed by atoms with E-state index < -0.39 is 10.0 Å². The zero-order valence-electron chi connectivity index (χ0n) is 18.9. The van der Waals surface area contributed by atoms with Gasteiger partial charge in [0.25, 0.3) is 0 Å². The van der Waals surface area contributed by atoms with E-state index in [9.17, 15) is 13.2 Å². The van der Waals surface area contributed by atoms with Crippen LogP contribution >= 0.6 is 0 Å². The summed E-state index contributed by atoms with van der Waals surface area (Å²) in [6.45, 7) is 8.62. The lowest BCUT2D eigenvalue weighted by Crippen LogP contribution is -2.45. The second kappa shape index (κ2) is 9.83. The zero-order valence-corrected chi connectivity index (χ0v) is 19.7. The molecule has 1 aliphatic rings. The van der Waals surface area contributed by atoms with Crippen LogP contribution in [0.5, 0.6) is 0 Å². The molecule has 2 amide bonds. The molecule has 6 nitrogen and oxygen atoms in total. The number of nitrogens with one attached hydrogen (secondary N) is 2. The van der Waals surface area contributed by atoms with Gasteiger partial charge in [-0.2, -0.15) is 4.31 Å². The molecule has 0 radical (unpaired) electrons. The maximum atomic E-state index is 13.5. The smallest absolute Gasteiger partial charge is 0.319 e. The summed E-state index contributed by atoms with van der Waals surface area (Å²) in [7, 11) is -3.59. The van der Waals surface area contributed by atoms with E-state index in [0.717, 1.165) is 47.2 Å². The SMILES string of the molecule is Cc1cccc(NC(=O)NCCC2CCCCN2S(=O)(=O)c2c(C)cc(C)cc2C)c1. The molecule has 0 bridgehead atoms. The van der Waals surface area contributed by atoms with Crippen molar-refractivity contribution in [1.82, 2.24) is 9.62 Å². The maximum absolute atomic E-state index is 13.5. The normalized spacial score (nSPS) is 17.4. The Morgan fingerprint density at radius 1 is 1.03 bits per heavy atom. The number of amides is 2. The molecule has 7 heteroatoms. The second-order valence-electron chi connectivity index (χ2n) is 8.53. The van der Waals surface area contributed by atoms with Gasteiger partial charge in [-0.1, -0.05) is 36.2 Å². The maximum Gasteiger partial charge on any atom is 0.319 e. The third-order valence-corrected chi connectivity index (χ3v) is 8.04. The highest BCUT2D eigenvalue weighted by Crippen LogP contribution is 2.31. The summed E-state index contributed by atoms with van der Waals surface area (Å²) < 4.78 is 28.7. The molecule has 0 aliphatic carbocycles. The van der Waals surface area contributed by atoms with Crippen LogP contribution in [0.15, 0.2) is 41.3 Å². The van der Waals surface area contributed by atoms with Gasteiger partial charge < -0.3 is 10.6 Å². The standard InChI is InChI=1S/C24H33N3O3S/c1-17-8-7-9-21(16-17)26-24(28)25-12-11-22-10-5-6-13-27(22)31(29,30)23-19(3)14-18(2)15-20(23)4/h7-9,14-16,22H,5-6,10-13H2,1-4H3,(H2,25,26,28). The van der Waals surface area contributed by atoms with E-state index in [1.165, 1.54) is 0 Å². The van der Waals surface area contributed by atoms with Crippen molar-refractivity contribution in [2.75, 3.05) is 18.4 Å². The molecule has 168 valence electrons. The Morgan fingerprint density at radius 3 is 2.42 bits per heavy atom. The lowest BCUT2D eigenvalue weighted by molar-refractivity contribution is 0.234. The summed E-state index contributed by atoms with van der Waals surface area (Å²) in [6.07, 6.45) is 3.26. The minimum absolute atomic E-state index is 0.113. The summed E-state index contributed by atoms with van der Waals surface area (Å²) in [5.41, 5.74) is 4.45. The Hall–Kier alpha value is -2.38. The fourth-order valence-electron chi connectivity index (χ4n) is 4.52. The number of aryl methyl sites for hydroxylation is 4. The lowest BCUT2D eigenvalue weighted by Gasteiger charge is -2.35. The minimum atomic E-state index is -3.59. The molecule has 1 aliphatic heterocycles. The molecular weight excluding hydrogens is 410 g/mol. The molecule has 0 spiro atoms. The lowest BCUT2D eigenvalue weighted by atomic mass is 10.0. The van der Waals surface area contributed by atoms with Gasteiger partial charge in [0.05, 0.1) is 4.90 Å². The van der Waals surface area contributed by atoms with Crippen LogP contribution in [0.3, 0.4) is 0 Å². The number of carbonyl (C=O) groups is 1. The Kier molecular flexibility index (Phi) is 7.38. The second-order valence-corrected chi connectivity index (χ2v) is 10.4. The van der Waals surface area contributed by atoms with Crippen molar-refractivity contribution >= 4 is 21.7 Å². The van der Waals surface area contributed by atoms with Crippen molar-refractivity contribution in [1.29, 1.82) is 0 Å². The number of carbonyl (C=O) groups excluding carboxylic acids is 1. The molecule has 31 heavy (non-hydrogen) atoms. The van der Waals surface area contributed by atoms with Gasteiger partial charge in [0.2, 0.25) is 10.0 Å². The topological polar surface area (TPSA) is 78.5 Å². The van der Waals surface area contributed by atoms with Crippen molar-refractivity contribution in [3.05, 3.63) is 58.7 Å². The molecule has 1 saturated heterocycles. The summed E-state index contributed by atoms with van der Waals surface area (Å²) in [5, 5.41) is 5.69. The number of sulfonamides is 1. The molecular formula is C24H33N3O3S. The average Bonchev–Trinajstić information content (AvgIpc) is 2.67. The number of hydrogen-bond donors (Lipinski definition) is 2. The van der Waals surface area contributed by atoms with Crippen LogP contribution in [0.25, 0.3) is 0 Å². The van der Waals surface area contributed by atoms with E-state index >= 15 is 0 Å². The number of hydrogen-bond acceptors (Lipinski definition) is 3. The molecule has 1 atom stereocenters. The van der Waals surface area contributed by atoms with E-state index in [2.05, 4.69) is 10.6 Å². The van der Waals surface area contributed by atoms with Gasteiger partial charge in [-0.15, -0.1) is 0 Å². The molecule has 1 unspecified atom stereocenters. The summed E-state index contributed by atoms with van der Waals surface area (Å²) >= 11 is 0. The number of urea groups is 1. The number of piperidine rings is 1. The van der Waals surface area contributed by atoms with E-state index in [4.69, 9.17) is 0 Å². The van der Waals surface area contributed by atoms with Crippen LogP contribution in [-0.4, -0.2) is 37.9 Å². The molecule has 3 rings (SSSR count). The van der Waals surface area contributed by atoms with Crippen LogP contribution in [-0.2, 0) is 10.0 Å². The predicted octanol–water partition coefficient (Wildman–Crippen LogP) is 4.68. The van der Waals surface area contributed by atoms with Crippen molar-refractivity contribution in [2.45, 2.75) is 64.3 Å². The van der Waals surface area contributed by atoms with Crippen molar-refractivity contribution in [2.24, 2.45) is 0 Å². The van der Waals surface area contributed by atoms with Crippen LogP contribution in [0, 0.1) is 27.7 Å². The average molecular weight is 444 g/mol. The molecule has 2 aromatic rings. The fourth-order valence-corrected chi connectivity index (χ4v) is 6.66. The summed E-state index contributed by atoms with van der Waals surface area (Å²) in [5.74, 6) is 0. The van der Waals surface area contributed by atoms with E-state index in [1.54, 1.807) is 4.31 Å². The molecule has 2 N–H and O–H groups in total. The van der Waals surface area contributed by atoms with Gasteiger partial charge in [-0.05, 0) is 75.8 Å².